The number of oxime groups is 1. The van der Waals surface area contributed by atoms with E-state index in [1.165, 1.54) is 42.5 Å². The third-order valence-corrected chi connectivity index (χ3v) is 6.26. The topological polar surface area (TPSA) is 172 Å². The SMILES string of the molecule is NC(N)=NOCCCOc1ccc(C[C@H](NS(=O)(=O)c2cccc(Br)c2)C(=O)OC(=O)C(F)(F)F)cc1. The molecule has 0 aromatic heterocycles. The van der Waals surface area contributed by atoms with E-state index in [9.17, 15) is 31.2 Å². The smallest absolute Gasteiger partial charge is 0.491 e. The van der Waals surface area contributed by atoms with E-state index < -0.39 is 40.6 Å². The van der Waals surface area contributed by atoms with Crippen molar-refractivity contribution >= 4 is 43.9 Å². The van der Waals surface area contributed by atoms with Crippen molar-refractivity contribution in [1.29, 1.82) is 0 Å². The van der Waals surface area contributed by atoms with Crippen LogP contribution in [-0.4, -0.2) is 51.7 Å². The van der Waals surface area contributed by atoms with Crippen molar-refractivity contribution < 1.29 is 45.5 Å². The number of guanidine groups is 1. The average Bonchev–Trinajstić information content (AvgIpc) is 2.81. The van der Waals surface area contributed by atoms with Gasteiger partial charge in [0.2, 0.25) is 16.0 Å². The number of carbonyl (C=O) groups excluding carboxylic acids is 2. The number of halogens is 4. The Morgan fingerprint density at radius 1 is 1.08 bits per heavy atom. The van der Waals surface area contributed by atoms with Gasteiger partial charge in [-0.05, 0) is 47.5 Å². The van der Waals surface area contributed by atoms with Crippen LogP contribution in [0.5, 0.6) is 5.75 Å². The number of nitrogens with one attached hydrogen (secondary N) is 1. The minimum atomic E-state index is -5.45. The molecule has 0 fully saturated rings. The third kappa shape index (κ3) is 10.3. The van der Waals surface area contributed by atoms with Crippen LogP contribution < -0.4 is 20.9 Å². The summed E-state index contributed by atoms with van der Waals surface area (Å²) >= 11 is 3.11. The number of nitrogens with zero attached hydrogens (tertiary/aromatic N) is 1. The van der Waals surface area contributed by atoms with Crippen molar-refractivity contribution in [2.45, 2.75) is 30.0 Å². The number of hydrogen-bond acceptors (Lipinski definition) is 8. The van der Waals surface area contributed by atoms with E-state index in [0.717, 1.165) is 0 Å². The molecule has 2 rings (SSSR count). The number of esters is 2. The molecule has 0 bridgehead atoms. The van der Waals surface area contributed by atoms with Gasteiger partial charge in [-0.1, -0.05) is 34.1 Å². The molecule has 2 aromatic rings. The average molecular weight is 611 g/mol. The zero-order chi connectivity index (χ0) is 27.6. The van der Waals surface area contributed by atoms with Crippen LogP contribution in [0, 0.1) is 0 Å². The maximum absolute atomic E-state index is 12.8. The van der Waals surface area contributed by atoms with Gasteiger partial charge < -0.3 is 25.8 Å². The largest absolute Gasteiger partial charge is 0.493 e. The summed E-state index contributed by atoms with van der Waals surface area (Å²) in [7, 11) is -4.39. The van der Waals surface area contributed by atoms with E-state index in [1.807, 2.05) is 4.72 Å². The highest BCUT2D eigenvalue weighted by atomic mass is 79.9. The molecule has 1 atom stereocenters. The summed E-state index contributed by atoms with van der Waals surface area (Å²) in [5.74, 6) is -4.30. The number of carbonyl (C=O) groups is 2. The van der Waals surface area contributed by atoms with Gasteiger partial charge in [-0.25, -0.2) is 18.0 Å². The lowest BCUT2D eigenvalue weighted by atomic mass is 10.1. The standard InChI is InChI=1S/C21H22BrF3N4O7S/c22-14-3-1-4-16(12-14)37(32,33)29-17(18(30)36-19(31)21(23,24)25)11-13-5-7-15(8-6-13)34-9-2-10-35-28-20(26)27/h1,3-8,12,17,29H,2,9-11H2,(H4,26,27,28)/t17-/m0/s1. The highest BCUT2D eigenvalue weighted by molar-refractivity contribution is 9.10. The summed E-state index contributed by atoms with van der Waals surface area (Å²) in [6, 6.07) is 9.46. The summed E-state index contributed by atoms with van der Waals surface area (Å²) in [6.45, 7) is 0.425. The first-order valence-electron chi connectivity index (χ1n) is 10.3. The highest BCUT2D eigenvalue weighted by Crippen LogP contribution is 2.20. The minimum absolute atomic E-state index is 0.189. The van der Waals surface area contributed by atoms with Crippen LogP contribution in [0.25, 0.3) is 0 Å². The second-order valence-electron chi connectivity index (χ2n) is 7.24. The molecule has 37 heavy (non-hydrogen) atoms. The van der Waals surface area contributed by atoms with Crippen molar-refractivity contribution in [3.63, 3.8) is 0 Å². The number of nitrogens with two attached hydrogens (primary N) is 2. The number of alkyl halides is 3. The van der Waals surface area contributed by atoms with Gasteiger partial charge in [-0.3, -0.25) is 0 Å². The van der Waals surface area contributed by atoms with Crippen LogP contribution >= 0.6 is 15.9 Å². The van der Waals surface area contributed by atoms with Gasteiger partial charge in [0.15, 0.2) is 0 Å². The van der Waals surface area contributed by atoms with Crippen molar-refractivity contribution in [1.82, 2.24) is 4.72 Å². The highest BCUT2D eigenvalue weighted by Gasteiger charge is 2.43. The monoisotopic (exact) mass is 610 g/mol. The second-order valence-corrected chi connectivity index (χ2v) is 9.87. The summed E-state index contributed by atoms with van der Waals surface area (Å²) in [4.78, 5) is 28.1. The van der Waals surface area contributed by atoms with Crippen molar-refractivity contribution in [2.75, 3.05) is 13.2 Å². The molecule has 202 valence electrons. The van der Waals surface area contributed by atoms with Crippen LogP contribution in [0.3, 0.4) is 0 Å². The summed E-state index contributed by atoms with van der Waals surface area (Å²) in [6.07, 6.45) is -5.43. The fourth-order valence-corrected chi connectivity index (χ4v) is 4.45. The molecule has 0 spiro atoms. The quantitative estimate of drug-likeness (QED) is 0.0810. The van der Waals surface area contributed by atoms with Crippen LogP contribution in [0.1, 0.15) is 12.0 Å². The number of hydrogen-bond donors (Lipinski definition) is 3. The molecule has 5 N–H and O–H groups in total. The molecule has 0 amide bonds. The number of rotatable bonds is 12. The lowest BCUT2D eigenvalue weighted by Gasteiger charge is -2.18. The van der Waals surface area contributed by atoms with Gasteiger partial charge in [0, 0.05) is 10.9 Å². The Kier molecular flexibility index (Phi) is 10.7. The summed E-state index contributed by atoms with van der Waals surface area (Å²) in [5, 5.41) is 3.35. The predicted octanol–water partition coefficient (Wildman–Crippen LogP) is 1.94. The lowest BCUT2D eigenvalue weighted by Crippen LogP contribution is -2.45. The van der Waals surface area contributed by atoms with Gasteiger partial charge >= 0.3 is 18.1 Å². The van der Waals surface area contributed by atoms with Gasteiger partial charge in [0.25, 0.3) is 0 Å². The maximum Gasteiger partial charge on any atom is 0.491 e. The van der Waals surface area contributed by atoms with E-state index in [2.05, 4.69) is 25.8 Å². The second kappa shape index (κ2) is 13.3. The third-order valence-electron chi connectivity index (χ3n) is 4.29. The van der Waals surface area contributed by atoms with E-state index in [-0.39, 0.29) is 24.1 Å². The Balaban J connectivity index is 2.12. The maximum atomic E-state index is 12.8. The Labute approximate surface area is 218 Å². The van der Waals surface area contributed by atoms with E-state index in [0.29, 0.717) is 22.2 Å². The number of benzene rings is 2. The molecule has 2 aromatic carbocycles. The first kappa shape index (κ1) is 29.9. The molecule has 11 nitrogen and oxygen atoms in total. The Morgan fingerprint density at radius 3 is 2.35 bits per heavy atom. The molecule has 0 aliphatic carbocycles. The molecule has 0 saturated carbocycles. The molecular weight excluding hydrogens is 589 g/mol. The summed E-state index contributed by atoms with van der Waals surface area (Å²) < 4.78 is 75.1. The zero-order valence-electron chi connectivity index (χ0n) is 18.9. The first-order valence-corrected chi connectivity index (χ1v) is 12.6. The summed E-state index contributed by atoms with van der Waals surface area (Å²) in [5.41, 5.74) is 10.6. The molecule has 0 unspecified atom stereocenters. The molecule has 0 aliphatic rings. The molecule has 16 heteroatoms. The Morgan fingerprint density at radius 2 is 1.76 bits per heavy atom. The van der Waals surface area contributed by atoms with Crippen molar-refractivity contribution in [3.05, 3.63) is 58.6 Å². The Hall–Kier alpha value is -3.37. The van der Waals surface area contributed by atoms with Gasteiger partial charge in [-0.15, -0.1) is 0 Å². The molecule has 0 saturated heterocycles. The first-order chi connectivity index (χ1) is 17.3. The van der Waals surface area contributed by atoms with E-state index in [4.69, 9.17) is 21.0 Å². The predicted molar refractivity (Wildman–Crippen MR) is 127 cm³/mol. The molecule has 0 radical (unpaired) electrons. The van der Waals surface area contributed by atoms with Gasteiger partial charge in [-0.2, -0.15) is 17.9 Å². The van der Waals surface area contributed by atoms with E-state index >= 15 is 0 Å². The van der Waals surface area contributed by atoms with Crippen LogP contribution in [0.15, 0.2) is 63.1 Å². The van der Waals surface area contributed by atoms with Crippen LogP contribution in [-0.2, 0) is 35.6 Å². The molecular formula is C21H22BrF3N4O7S. The fraction of sp³-hybridized carbons (Fsp3) is 0.286. The lowest BCUT2D eigenvalue weighted by molar-refractivity contribution is -0.202. The van der Waals surface area contributed by atoms with Crippen molar-refractivity contribution in [3.8, 4) is 5.75 Å². The van der Waals surface area contributed by atoms with E-state index in [1.54, 1.807) is 6.07 Å². The normalized spacial score (nSPS) is 12.3. The minimum Gasteiger partial charge on any atom is -0.493 e. The van der Waals surface area contributed by atoms with Crippen LogP contribution in [0.2, 0.25) is 0 Å². The van der Waals surface area contributed by atoms with Crippen LogP contribution in [0.4, 0.5) is 13.2 Å². The van der Waals surface area contributed by atoms with Gasteiger partial charge in [0.05, 0.1) is 11.5 Å². The molecule has 0 aliphatic heterocycles. The number of sulfonamides is 1. The van der Waals surface area contributed by atoms with Crippen molar-refractivity contribution in [2.24, 2.45) is 16.6 Å². The molecule has 0 heterocycles. The fourth-order valence-electron chi connectivity index (χ4n) is 2.67. The number of ether oxygens (including phenoxy) is 2. The van der Waals surface area contributed by atoms with Gasteiger partial charge in [0.1, 0.15) is 18.4 Å². The zero-order valence-corrected chi connectivity index (χ0v) is 21.3. The Bertz CT molecular complexity index is 1220.